The number of carbonyl (C=O) groups excluding carboxylic acids is 4. The van der Waals surface area contributed by atoms with Gasteiger partial charge in [0.1, 0.15) is 35.5 Å². The third-order valence-electron chi connectivity index (χ3n) is 9.59. The predicted molar refractivity (Wildman–Crippen MR) is 174 cm³/mol. The fourth-order valence-corrected chi connectivity index (χ4v) is 6.49. The van der Waals surface area contributed by atoms with Crippen LogP contribution in [0.15, 0.2) is 29.0 Å². The minimum absolute atomic E-state index is 0.0325. The summed E-state index contributed by atoms with van der Waals surface area (Å²) >= 11 is 0. The van der Waals surface area contributed by atoms with Gasteiger partial charge in [-0.3, -0.25) is 24.1 Å². The summed E-state index contributed by atoms with van der Waals surface area (Å²) in [4.78, 5) is 57.8. The summed E-state index contributed by atoms with van der Waals surface area (Å²) in [5.74, 6) is -1.84. The summed E-state index contributed by atoms with van der Waals surface area (Å²) in [6.45, 7) is 12.1. The maximum atomic E-state index is 15.7. The van der Waals surface area contributed by atoms with E-state index in [1.807, 2.05) is 20.9 Å². The smallest absolute Gasteiger partial charge is 0.247 e. The van der Waals surface area contributed by atoms with E-state index in [0.717, 1.165) is 38.8 Å². The molecule has 252 valence electrons. The van der Waals surface area contributed by atoms with E-state index in [4.69, 9.17) is 4.52 Å². The lowest BCUT2D eigenvalue weighted by Crippen LogP contribution is -2.55. The van der Waals surface area contributed by atoms with Crippen LogP contribution in [0.5, 0.6) is 0 Å². The van der Waals surface area contributed by atoms with Crippen molar-refractivity contribution in [1.29, 1.82) is 0 Å². The van der Waals surface area contributed by atoms with Crippen molar-refractivity contribution < 1.29 is 28.1 Å². The lowest BCUT2D eigenvalue weighted by atomic mass is 9.78. The SMILES string of the molecule is CCC(=O)N[C@@H](C(=O)N1CCN(C)CC1)[C@@H](C)c1ccc(NC(=O)[C@H](C2CCC(C)CC2)N(C=O)c2conc2C(C)C)c(F)c1. The largest absolute Gasteiger partial charge is 0.362 e. The van der Waals surface area contributed by atoms with E-state index in [-0.39, 0.29) is 35.8 Å². The number of anilines is 2. The number of nitrogens with zero attached hydrogens (tertiary/aromatic N) is 4. The summed E-state index contributed by atoms with van der Waals surface area (Å²) in [6.07, 6.45) is 5.56. The maximum absolute atomic E-state index is 15.7. The first-order valence-electron chi connectivity index (χ1n) is 16.5. The number of nitrogens with one attached hydrogen (secondary N) is 2. The van der Waals surface area contributed by atoms with E-state index in [1.165, 1.54) is 23.3 Å². The van der Waals surface area contributed by atoms with Gasteiger partial charge in [-0.2, -0.15) is 0 Å². The highest BCUT2D eigenvalue weighted by Gasteiger charge is 2.38. The molecular formula is C34H49FN6O5. The van der Waals surface area contributed by atoms with Crippen molar-refractivity contribution in [1.82, 2.24) is 20.3 Å². The molecule has 2 N–H and O–H groups in total. The number of likely N-dealkylation sites (N-methyl/N-ethyl adjacent to an activating group) is 1. The van der Waals surface area contributed by atoms with Gasteiger partial charge in [-0.05, 0) is 49.4 Å². The summed E-state index contributed by atoms with van der Waals surface area (Å²) < 4.78 is 20.9. The fourth-order valence-electron chi connectivity index (χ4n) is 6.49. The molecule has 11 nitrogen and oxygen atoms in total. The van der Waals surface area contributed by atoms with Gasteiger partial charge in [-0.1, -0.05) is 58.7 Å². The Balaban J connectivity index is 1.58. The van der Waals surface area contributed by atoms with Gasteiger partial charge in [0.25, 0.3) is 0 Å². The van der Waals surface area contributed by atoms with E-state index in [0.29, 0.717) is 42.4 Å². The average Bonchev–Trinajstić information content (AvgIpc) is 3.53. The molecule has 1 aliphatic heterocycles. The van der Waals surface area contributed by atoms with Gasteiger partial charge in [0, 0.05) is 44.4 Å². The Morgan fingerprint density at radius 2 is 1.78 bits per heavy atom. The van der Waals surface area contributed by atoms with Gasteiger partial charge >= 0.3 is 0 Å². The molecule has 1 saturated carbocycles. The van der Waals surface area contributed by atoms with Gasteiger partial charge < -0.3 is 25.0 Å². The summed E-state index contributed by atoms with van der Waals surface area (Å²) in [5, 5.41) is 9.66. The first-order chi connectivity index (χ1) is 21.9. The fraction of sp³-hybridized carbons (Fsp3) is 0.618. The second-order valence-corrected chi connectivity index (χ2v) is 13.3. The van der Waals surface area contributed by atoms with Crippen LogP contribution >= 0.6 is 0 Å². The molecule has 2 fully saturated rings. The van der Waals surface area contributed by atoms with Gasteiger partial charge in [0.05, 0.1) is 5.69 Å². The Bertz CT molecular complexity index is 1370. The molecule has 0 spiro atoms. The van der Waals surface area contributed by atoms with Crippen molar-refractivity contribution in [2.24, 2.45) is 11.8 Å². The molecule has 4 rings (SSSR count). The molecule has 2 heterocycles. The second-order valence-electron chi connectivity index (χ2n) is 13.3. The number of hydrogen-bond acceptors (Lipinski definition) is 7. The van der Waals surface area contributed by atoms with Crippen LogP contribution in [0.2, 0.25) is 0 Å². The van der Waals surface area contributed by atoms with Crippen LogP contribution in [0.25, 0.3) is 0 Å². The molecule has 1 aromatic heterocycles. The number of rotatable bonds is 12. The molecule has 1 aliphatic carbocycles. The van der Waals surface area contributed by atoms with Crippen molar-refractivity contribution in [2.45, 2.75) is 90.6 Å². The van der Waals surface area contributed by atoms with Crippen molar-refractivity contribution in [3.8, 4) is 0 Å². The molecule has 2 aromatic rings. The monoisotopic (exact) mass is 640 g/mol. The summed E-state index contributed by atoms with van der Waals surface area (Å²) in [7, 11) is 2.00. The minimum atomic E-state index is -0.894. The Labute approximate surface area is 271 Å². The highest BCUT2D eigenvalue weighted by Crippen LogP contribution is 2.36. The number of carbonyl (C=O) groups is 4. The molecular weight excluding hydrogens is 591 g/mol. The van der Waals surface area contributed by atoms with E-state index >= 15 is 4.39 Å². The van der Waals surface area contributed by atoms with Gasteiger partial charge in [-0.25, -0.2) is 4.39 Å². The highest BCUT2D eigenvalue weighted by molar-refractivity contribution is 6.01. The van der Waals surface area contributed by atoms with Gasteiger partial charge in [-0.15, -0.1) is 0 Å². The number of aromatic nitrogens is 1. The van der Waals surface area contributed by atoms with Crippen molar-refractivity contribution >= 4 is 35.5 Å². The standard InChI is InChI=1S/C34H49FN6O5/c1-7-29(43)37-31(34(45)40-16-14-39(6)15-17-40)23(5)25-12-13-27(26(35)18-25)36-33(44)32(24-10-8-22(4)9-11-24)41(20-42)28-19-46-38-30(28)21(2)3/h12-13,18-24,31-32H,7-11,14-17H2,1-6H3,(H,36,44)(H,37,43)/t22?,23-,24?,31+,32-/m0/s1. The van der Waals surface area contributed by atoms with Crippen LogP contribution < -0.4 is 15.5 Å². The highest BCUT2D eigenvalue weighted by atomic mass is 19.1. The average molecular weight is 641 g/mol. The third kappa shape index (κ3) is 8.12. The number of amides is 4. The Morgan fingerprint density at radius 1 is 1.11 bits per heavy atom. The van der Waals surface area contributed by atoms with E-state index < -0.39 is 29.7 Å². The molecule has 0 bridgehead atoms. The van der Waals surface area contributed by atoms with Crippen LogP contribution in [-0.2, 0) is 19.2 Å². The normalized spacial score (nSPS) is 20.9. The minimum Gasteiger partial charge on any atom is -0.362 e. The molecule has 12 heteroatoms. The zero-order chi connectivity index (χ0) is 33.5. The summed E-state index contributed by atoms with van der Waals surface area (Å²) in [6, 6.07) is 2.68. The molecule has 1 saturated heterocycles. The Hall–Kier alpha value is -3.80. The molecule has 0 unspecified atom stereocenters. The van der Waals surface area contributed by atoms with Crippen molar-refractivity contribution in [3.63, 3.8) is 0 Å². The van der Waals surface area contributed by atoms with Crippen LogP contribution in [0.3, 0.4) is 0 Å². The number of halogens is 1. The molecule has 2 aliphatic rings. The summed E-state index contributed by atoms with van der Waals surface area (Å²) in [5.41, 5.74) is 1.47. The quantitative estimate of drug-likeness (QED) is 0.327. The zero-order valence-corrected chi connectivity index (χ0v) is 27.9. The molecule has 1 aromatic carbocycles. The van der Waals surface area contributed by atoms with Crippen LogP contribution in [0, 0.1) is 17.7 Å². The van der Waals surface area contributed by atoms with Gasteiger partial charge in [0.2, 0.25) is 24.1 Å². The Morgan fingerprint density at radius 3 is 2.37 bits per heavy atom. The van der Waals surface area contributed by atoms with E-state index in [9.17, 15) is 19.2 Å². The van der Waals surface area contributed by atoms with Crippen LogP contribution in [0.4, 0.5) is 15.8 Å². The topological polar surface area (TPSA) is 128 Å². The maximum Gasteiger partial charge on any atom is 0.247 e. The first-order valence-corrected chi connectivity index (χ1v) is 16.5. The molecule has 46 heavy (non-hydrogen) atoms. The number of benzene rings is 1. The molecule has 0 radical (unpaired) electrons. The second kappa shape index (κ2) is 15.7. The molecule has 4 amide bonds. The zero-order valence-electron chi connectivity index (χ0n) is 27.9. The number of hydrogen-bond donors (Lipinski definition) is 2. The first kappa shape index (κ1) is 35.1. The Kier molecular flexibility index (Phi) is 11.9. The molecule has 3 atom stereocenters. The van der Waals surface area contributed by atoms with E-state index in [1.54, 1.807) is 24.8 Å². The lowest BCUT2D eigenvalue weighted by Gasteiger charge is -2.37. The van der Waals surface area contributed by atoms with Gasteiger partial charge in [0.15, 0.2) is 0 Å². The van der Waals surface area contributed by atoms with E-state index in [2.05, 4.69) is 27.6 Å². The predicted octanol–water partition coefficient (Wildman–Crippen LogP) is 4.51. The van der Waals surface area contributed by atoms with Crippen molar-refractivity contribution in [3.05, 3.63) is 41.5 Å². The van der Waals surface area contributed by atoms with Crippen LogP contribution in [0.1, 0.15) is 89.8 Å². The lowest BCUT2D eigenvalue weighted by molar-refractivity contribution is -0.138. The number of piperazine rings is 1. The van der Waals surface area contributed by atoms with Crippen LogP contribution in [-0.4, -0.2) is 84.4 Å². The van der Waals surface area contributed by atoms with Crippen molar-refractivity contribution in [2.75, 3.05) is 43.4 Å². The third-order valence-corrected chi connectivity index (χ3v) is 9.59.